The van der Waals surface area contributed by atoms with Crippen LogP contribution in [0, 0.1) is 0 Å². The van der Waals surface area contributed by atoms with Crippen LogP contribution in [0.15, 0.2) is 0 Å². The molecular formula is C12H18N4O4. The van der Waals surface area contributed by atoms with Crippen LogP contribution in [-0.2, 0) is 9.53 Å². The number of nitrogens with one attached hydrogen (secondary N) is 2. The number of imide groups is 1. The van der Waals surface area contributed by atoms with E-state index in [0.29, 0.717) is 19.6 Å². The van der Waals surface area contributed by atoms with Gasteiger partial charge in [-0.15, -0.1) is 0 Å². The lowest BCUT2D eigenvalue weighted by molar-refractivity contribution is -0.122. The van der Waals surface area contributed by atoms with Crippen LogP contribution in [0.2, 0.25) is 0 Å². The van der Waals surface area contributed by atoms with Crippen LogP contribution < -0.4 is 10.6 Å². The van der Waals surface area contributed by atoms with Gasteiger partial charge in [-0.25, -0.2) is 9.59 Å². The number of carbonyl (C=O) groups excluding carboxylic acids is 3. The second-order valence-corrected chi connectivity index (χ2v) is 5.27. The molecule has 3 fully saturated rings. The van der Waals surface area contributed by atoms with Gasteiger partial charge < -0.3 is 19.9 Å². The molecule has 20 heavy (non-hydrogen) atoms. The summed E-state index contributed by atoms with van der Waals surface area (Å²) in [5.41, 5.74) is 0. The molecule has 0 aliphatic carbocycles. The van der Waals surface area contributed by atoms with Crippen molar-refractivity contribution in [3.05, 3.63) is 0 Å². The Hall–Kier alpha value is -1.83. The summed E-state index contributed by atoms with van der Waals surface area (Å²) in [4.78, 5) is 38.2. The lowest BCUT2D eigenvalue weighted by atomic mass is 10.2. The molecule has 0 saturated carbocycles. The molecule has 3 aliphatic heterocycles. The first-order valence-corrected chi connectivity index (χ1v) is 6.91. The highest BCUT2D eigenvalue weighted by Crippen LogP contribution is 2.15. The minimum absolute atomic E-state index is 0.0941. The van der Waals surface area contributed by atoms with Gasteiger partial charge in [0.05, 0.1) is 12.6 Å². The Bertz CT molecular complexity index is 435. The maximum Gasteiger partial charge on any atom is 0.324 e. The van der Waals surface area contributed by atoms with E-state index < -0.39 is 6.04 Å². The standard InChI is InChI=1S/C12H18N4O4/c17-10-9-7-15(3-4-16(9)12(19)14-10)11(18)13-6-8-2-1-5-20-8/h8-9H,1-7H2,(H,13,18)(H,14,17,19). The molecule has 8 heteroatoms. The number of hydrogen-bond donors (Lipinski definition) is 2. The first-order valence-electron chi connectivity index (χ1n) is 6.91. The summed E-state index contributed by atoms with van der Waals surface area (Å²) in [7, 11) is 0. The third kappa shape index (κ3) is 2.43. The average Bonchev–Trinajstić information content (AvgIpc) is 3.05. The van der Waals surface area contributed by atoms with Crippen LogP contribution in [0.3, 0.4) is 0 Å². The van der Waals surface area contributed by atoms with E-state index in [1.54, 1.807) is 4.90 Å². The summed E-state index contributed by atoms with van der Waals surface area (Å²) < 4.78 is 5.44. The van der Waals surface area contributed by atoms with Crippen LogP contribution in [0.5, 0.6) is 0 Å². The molecule has 0 spiro atoms. The van der Waals surface area contributed by atoms with Crippen LogP contribution in [0.25, 0.3) is 0 Å². The first kappa shape index (κ1) is 13.2. The summed E-state index contributed by atoms with van der Waals surface area (Å²) in [6.07, 6.45) is 2.09. The summed E-state index contributed by atoms with van der Waals surface area (Å²) >= 11 is 0. The Kier molecular flexibility index (Phi) is 3.47. The Morgan fingerprint density at radius 3 is 3.00 bits per heavy atom. The van der Waals surface area contributed by atoms with Gasteiger partial charge in [-0.05, 0) is 12.8 Å². The fourth-order valence-corrected chi connectivity index (χ4v) is 2.81. The van der Waals surface area contributed by atoms with Gasteiger partial charge in [0, 0.05) is 26.2 Å². The van der Waals surface area contributed by atoms with Crippen molar-refractivity contribution >= 4 is 18.0 Å². The molecule has 3 heterocycles. The predicted molar refractivity (Wildman–Crippen MR) is 68.0 cm³/mol. The van der Waals surface area contributed by atoms with Gasteiger partial charge in [0.1, 0.15) is 6.04 Å². The maximum atomic E-state index is 12.1. The van der Waals surface area contributed by atoms with E-state index in [2.05, 4.69) is 10.6 Å². The van der Waals surface area contributed by atoms with Crippen LogP contribution >= 0.6 is 0 Å². The number of rotatable bonds is 2. The van der Waals surface area contributed by atoms with Gasteiger partial charge in [0.15, 0.2) is 0 Å². The average molecular weight is 282 g/mol. The largest absolute Gasteiger partial charge is 0.376 e. The van der Waals surface area contributed by atoms with Crippen molar-refractivity contribution in [1.82, 2.24) is 20.4 Å². The van der Waals surface area contributed by atoms with E-state index in [1.807, 2.05) is 0 Å². The molecule has 3 aliphatic rings. The second-order valence-electron chi connectivity index (χ2n) is 5.27. The minimum Gasteiger partial charge on any atom is -0.376 e. The lowest BCUT2D eigenvalue weighted by Crippen LogP contribution is -2.57. The zero-order chi connectivity index (χ0) is 14.1. The van der Waals surface area contributed by atoms with Crippen molar-refractivity contribution in [1.29, 1.82) is 0 Å². The zero-order valence-corrected chi connectivity index (χ0v) is 11.1. The van der Waals surface area contributed by atoms with Gasteiger partial charge >= 0.3 is 12.1 Å². The van der Waals surface area contributed by atoms with Crippen molar-refractivity contribution in [2.75, 3.05) is 32.8 Å². The molecule has 2 unspecified atom stereocenters. The zero-order valence-electron chi connectivity index (χ0n) is 11.1. The summed E-state index contributed by atoms with van der Waals surface area (Å²) in [6, 6.07) is -1.11. The van der Waals surface area contributed by atoms with Crippen LogP contribution in [-0.4, -0.2) is 72.7 Å². The molecule has 0 aromatic rings. The van der Waals surface area contributed by atoms with Crippen molar-refractivity contribution in [3.63, 3.8) is 0 Å². The van der Waals surface area contributed by atoms with Crippen LogP contribution in [0.1, 0.15) is 12.8 Å². The molecule has 5 amide bonds. The second kappa shape index (κ2) is 5.28. The number of fused-ring (bicyclic) bond motifs is 1. The van der Waals surface area contributed by atoms with E-state index in [1.165, 1.54) is 4.90 Å². The van der Waals surface area contributed by atoms with Gasteiger partial charge in [0.2, 0.25) is 0 Å². The number of hydrogen-bond acceptors (Lipinski definition) is 4. The van der Waals surface area contributed by atoms with Crippen molar-refractivity contribution in [3.8, 4) is 0 Å². The topological polar surface area (TPSA) is 91.0 Å². The van der Waals surface area contributed by atoms with E-state index in [-0.39, 0.29) is 30.6 Å². The van der Waals surface area contributed by atoms with Crippen molar-refractivity contribution in [2.45, 2.75) is 25.0 Å². The fourth-order valence-electron chi connectivity index (χ4n) is 2.81. The van der Waals surface area contributed by atoms with Crippen molar-refractivity contribution < 1.29 is 19.1 Å². The molecule has 0 aromatic carbocycles. The van der Waals surface area contributed by atoms with Gasteiger partial charge in [0.25, 0.3) is 5.91 Å². The Balaban J connectivity index is 1.51. The predicted octanol–water partition coefficient (Wildman–Crippen LogP) is -0.889. The number of piperazine rings is 1. The molecule has 0 bridgehead atoms. The first-order chi connectivity index (χ1) is 9.65. The van der Waals surface area contributed by atoms with Gasteiger partial charge in [-0.2, -0.15) is 0 Å². The number of urea groups is 2. The smallest absolute Gasteiger partial charge is 0.324 e. The molecule has 2 N–H and O–H groups in total. The normalized spacial score (nSPS) is 29.4. The number of nitrogens with zero attached hydrogens (tertiary/aromatic N) is 2. The molecule has 110 valence electrons. The van der Waals surface area contributed by atoms with E-state index >= 15 is 0 Å². The highest BCUT2D eigenvalue weighted by Gasteiger charge is 2.43. The molecule has 3 rings (SSSR count). The fraction of sp³-hybridized carbons (Fsp3) is 0.750. The van der Waals surface area contributed by atoms with Gasteiger partial charge in [-0.1, -0.05) is 0 Å². The summed E-state index contributed by atoms with van der Waals surface area (Å²) in [6.45, 7) is 2.32. The van der Waals surface area contributed by atoms with Crippen LogP contribution in [0.4, 0.5) is 9.59 Å². The number of ether oxygens (including phenoxy) is 1. The molecule has 8 nitrogen and oxygen atoms in total. The Morgan fingerprint density at radius 1 is 1.40 bits per heavy atom. The number of amides is 5. The van der Waals surface area contributed by atoms with E-state index in [4.69, 9.17) is 4.74 Å². The minimum atomic E-state index is -0.551. The van der Waals surface area contributed by atoms with Crippen molar-refractivity contribution in [2.24, 2.45) is 0 Å². The Labute approximate surface area is 116 Å². The highest BCUT2D eigenvalue weighted by atomic mass is 16.5. The summed E-state index contributed by atoms with van der Waals surface area (Å²) in [5, 5.41) is 5.09. The third-order valence-electron chi connectivity index (χ3n) is 3.97. The third-order valence-corrected chi connectivity index (χ3v) is 3.97. The Morgan fingerprint density at radius 2 is 2.25 bits per heavy atom. The monoisotopic (exact) mass is 282 g/mol. The number of carbonyl (C=O) groups is 3. The SMILES string of the molecule is O=C1NC(=O)N2CCN(C(=O)NCC3CCCO3)CC12. The van der Waals surface area contributed by atoms with Gasteiger partial charge in [-0.3, -0.25) is 10.1 Å². The highest BCUT2D eigenvalue weighted by molar-refractivity contribution is 6.04. The quantitative estimate of drug-likeness (QED) is 0.643. The van der Waals surface area contributed by atoms with E-state index in [9.17, 15) is 14.4 Å². The molecule has 0 aromatic heterocycles. The maximum absolute atomic E-state index is 12.1. The summed E-state index contributed by atoms with van der Waals surface area (Å²) in [5.74, 6) is -0.327. The molecular weight excluding hydrogens is 264 g/mol. The molecule has 2 atom stereocenters. The lowest BCUT2D eigenvalue weighted by Gasteiger charge is -2.35. The molecule has 3 saturated heterocycles. The van der Waals surface area contributed by atoms with E-state index in [0.717, 1.165) is 19.4 Å². The molecule has 0 radical (unpaired) electrons.